The lowest BCUT2D eigenvalue weighted by Crippen LogP contribution is -2.53. The van der Waals surface area contributed by atoms with Gasteiger partial charge in [-0.15, -0.1) is 5.10 Å². The van der Waals surface area contributed by atoms with Crippen molar-refractivity contribution in [3.8, 4) is 0 Å². The summed E-state index contributed by atoms with van der Waals surface area (Å²) in [4.78, 5) is 28.7. The summed E-state index contributed by atoms with van der Waals surface area (Å²) in [5.74, 6) is 0. The molecule has 0 radical (unpaired) electrons. The van der Waals surface area contributed by atoms with Crippen LogP contribution in [0.1, 0.15) is 60.1 Å². The Balaban J connectivity index is 2.18. The van der Waals surface area contributed by atoms with Gasteiger partial charge in [-0.25, -0.2) is 9.59 Å². The summed E-state index contributed by atoms with van der Waals surface area (Å²) < 4.78 is 11.1. The van der Waals surface area contributed by atoms with Crippen LogP contribution in [0.25, 0.3) is 0 Å². The zero-order chi connectivity index (χ0) is 21.8. The second-order valence-corrected chi connectivity index (χ2v) is 9.57. The van der Waals surface area contributed by atoms with Crippen molar-refractivity contribution < 1.29 is 19.1 Å². The normalized spacial score (nSPS) is 17.6. The van der Waals surface area contributed by atoms with Crippen molar-refractivity contribution in [1.29, 1.82) is 0 Å². The van der Waals surface area contributed by atoms with Crippen molar-refractivity contribution in [2.75, 3.05) is 13.1 Å². The maximum Gasteiger partial charge on any atom is 0.410 e. The molecule has 0 aromatic carbocycles. The standard InChI is InChI=1S/C20H31ClN4O4/c1-19(2,3)28-17(26)24-11-7-8-15(13-24)25(18(27)29-20(4,5)6)12-14-9-10-16(21)23-22-14/h9-10,15H,7-8,11-13H2,1-6H3. The summed E-state index contributed by atoms with van der Waals surface area (Å²) in [5.41, 5.74) is -0.622. The number of amides is 2. The first-order valence-corrected chi connectivity index (χ1v) is 10.2. The van der Waals surface area contributed by atoms with Gasteiger partial charge < -0.3 is 14.4 Å². The summed E-state index contributed by atoms with van der Waals surface area (Å²) in [6.45, 7) is 12.1. The highest BCUT2D eigenvalue weighted by Gasteiger charge is 2.34. The van der Waals surface area contributed by atoms with E-state index in [1.807, 2.05) is 41.5 Å². The topological polar surface area (TPSA) is 84.9 Å². The highest BCUT2D eigenvalue weighted by molar-refractivity contribution is 6.29. The fraction of sp³-hybridized carbons (Fsp3) is 0.700. The Bertz CT molecular complexity index is 713. The van der Waals surface area contributed by atoms with Crippen LogP contribution < -0.4 is 0 Å². The van der Waals surface area contributed by atoms with Gasteiger partial charge in [0.05, 0.1) is 18.3 Å². The zero-order valence-electron chi connectivity index (χ0n) is 18.1. The lowest BCUT2D eigenvalue weighted by Gasteiger charge is -2.39. The van der Waals surface area contributed by atoms with Gasteiger partial charge >= 0.3 is 12.2 Å². The molecule has 29 heavy (non-hydrogen) atoms. The number of rotatable bonds is 3. The number of ether oxygens (including phenoxy) is 2. The Morgan fingerprint density at radius 3 is 2.34 bits per heavy atom. The number of carbonyl (C=O) groups excluding carboxylic acids is 2. The van der Waals surface area contributed by atoms with Crippen LogP contribution in [0, 0.1) is 0 Å². The maximum atomic E-state index is 12.9. The molecule has 0 aliphatic carbocycles. The molecule has 1 aromatic heterocycles. The molecule has 9 heteroatoms. The summed E-state index contributed by atoms with van der Waals surface area (Å²) >= 11 is 5.82. The first-order valence-electron chi connectivity index (χ1n) is 9.80. The average Bonchev–Trinajstić information content (AvgIpc) is 2.58. The van der Waals surface area contributed by atoms with Crippen LogP contribution in [0.4, 0.5) is 9.59 Å². The van der Waals surface area contributed by atoms with Gasteiger partial charge in [0, 0.05) is 13.1 Å². The summed E-state index contributed by atoms with van der Waals surface area (Å²) in [6, 6.07) is 3.13. The first kappa shape index (κ1) is 23.2. The largest absolute Gasteiger partial charge is 0.444 e. The van der Waals surface area contributed by atoms with E-state index in [9.17, 15) is 9.59 Å². The van der Waals surface area contributed by atoms with E-state index < -0.39 is 17.3 Å². The monoisotopic (exact) mass is 426 g/mol. The van der Waals surface area contributed by atoms with E-state index in [2.05, 4.69) is 10.2 Å². The molecular formula is C20H31ClN4O4. The number of hydrogen-bond acceptors (Lipinski definition) is 6. The minimum absolute atomic E-state index is 0.214. The van der Waals surface area contributed by atoms with E-state index in [0.717, 1.165) is 12.8 Å². The molecule has 1 aliphatic rings. The van der Waals surface area contributed by atoms with Crippen molar-refractivity contribution >= 4 is 23.8 Å². The van der Waals surface area contributed by atoms with Crippen LogP contribution in [0.3, 0.4) is 0 Å². The predicted octanol–water partition coefficient (Wildman–Crippen LogP) is 4.27. The number of carbonyl (C=O) groups is 2. The summed E-state index contributed by atoms with van der Waals surface area (Å²) in [6.07, 6.45) is 0.678. The van der Waals surface area contributed by atoms with Crippen molar-refractivity contribution in [3.05, 3.63) is 23.0 Å². The molecule has 1 saturated heterocycles. The average molecular weight is 427 g/mol. The van der Waals surface area contributed by atoms with Gasteiger partial charge in [-0.1, -0.05) is 11.6 Å². The molecule has 2 rings (SSSR count). The second-order valence-electron chi connectivity index (χ2n) is 9.18. The molecule has 1 unspecified atom stereocenters. The van der Waals surface area contributed by atoms with Gasteiger partial charge in [-0.2, -0.15) is 5.10 Å². The molecule has 1 fully saturated rings. The molecule has 2 amide bonds. The van der Waals surface area contributed by atoms with Crippen LogP contribution in [0.2, 0.25) is 5.15 Å². The Morgan fingerprint density at radius 1 is 1.14 bits per heavy atom. The van der Waals surface area contributed by atoms with Crippen LogP contribution in [-0.2, 0) is 16.0 Å². The van der Waals surface area contributed by atoms with E-state index in [1.165, 1.54) is 0 Å². The predicted molar refractivity (Wildman–Crippen MR) is 110 cm³/mol. The van der Waals surface area contributed by atoms with Crippen LogP contribution >= 0.6 is 11.6 Å². The number of aromatic nitrogens is 2. The fourth-order valence-corrected chi connectivity index (χ4v) is 3.07. The van der Waals surface area contributed by atoms with Gasteiger partial charge in [0.2, 0.25) is 0 Å². The third kappa shape index (κ3) is 7.68. The molecule has 0 saturated carbocycles. The van der Waals surface area contributed by atoms with Crippen molar-refractivity contribution in [1.82, 2.24) is 20.0 Å². The molecule has 1 atom stereocenters. The maximum absolute atomic E-state index is 12.9. The third-order valence-electron chi connectivity index (χ3n) is 4.14. The lowest BCUT2D eigenvalue weighted by molar-refractivity contribution is -0.00759. The van der Waals surface area contributed by atoms with E-state index in [-0.39, 0.29) is 23.8 Å². The summed E-state index contributed by atoms with van der Waals surface area (Å²) in [5, 5.41) is 8.19. The van der Waals surface area contributed by atoms with Crippen LogP contribution in [0.5, 0.6) is 0 Å². The van der Waals surface area contributed by atoms with E-state index in [1.54, 1.807) is 21.9 Å². The van der Waals surface area contributed by atoms with Gasteiger partial charge in [0.15, 0.2) is 5.15 Å². The number of nitrogens with zero attached hydrogens (tertiary/aromatic N) is 4. The molecule has 162 valence electrons. The minimum atomic E-state index is -0.638. The van der Waals surface area contributed by atoms with Gasteiger partial charge in [-0.05, 0) is 66.5 Å². The Labute approximate surface area is 177 Å². The van der Waals surface area contributed by atoms with Gasteiger partial charge in [0.25, 0.3) is 0 Å². The zero-order valence-corrected chi connectivity index (χ0v) is 18.8. The number of hydrogen-bond donors (Lipinski definition) is 0. The van der Waals surface area contributed by atoms with Crippen molar-refractivity contribution in [3.63, 3.8) is 0 Å². The number of likely N-dealkylation sites (tertiary alicyclic amines) is 1. The minimum Gasteiger partial charge on any atom is -0.444 e. The molecule has 1 aliphatic heterocycles. The summed E-state index contributed by atoms with van der Waals surface area (Å²) in [7, 11) is 0. The van der Waals surface area contributed by atoms with Crippen LogP contribution in [0.15, 0.2) is 12.1 Å². The molecule has 0 bridgehead atoms. The molecule has 0 spiro atoms. The van der Waals surface area contributed by atoms with E-state index in [4.69, 9.17) is 21.1 Å². The number of piperidine rings is 1. The van der Waals surface area contributed by atoms with Gasteiger partial charge in [0.1, 0.15) is 11.2 Å². The molecule has 1 aromatic rings. The van der Waals surface area contributed by atoms with E-state index >= 15 is 0 Å². The molecular weight excluding hydrogens is 396 g/mol. The number of halogens is 1. The quantitative estimate of drug-likeness (QED) is 0.717. The SMILES string of the molecule is CC(C)(C)OC(=O)N1CCCC(N(Cc2ccc(Cl)nn2)C(=O)OC(C)(C)C)C1. The smallest absolute Gasteiger partial charge is 0.410 e. The highest BCUT2D eigenvalue weighted by Crippen LogP contribution is 2.23. The fourth-order valence-electron chi connectivity index (χ4n) is 2.97. The lowest BCUT2D eigenvalue weighted by atomic mass is 10.0. The molecule has 8 nitrogen and oxygen atoms in total. The van der Waals surface area contributed by atoms with E-state index in [0.29, 0.717) is 18.8 Å². The van der Waals surface area contributed by atoms with Gasteiger partial charge in [-0.3, -0.25) is 4.90 Å². The molecule has 0 N–H and O–H groups in total. The Hall–Kier alpha value is -2.09. The Morgan fingerprint density at radius 2 is 1.79 bits per heavy atom. The third-order valence-corrected chi connectivity index (χ3v) is 4.34. The second kappa shape index (κ2) is 9.15. The van der Waals surface area contributed by atoms with Crippen molar-refractivity contribution in [2.24, 2.45) is 0 Å². The highest BCUT2D eigenvalue weighted by atomic mass is 35.5. The van der Waals surface area contributed by atoms with Crippen LogP contribution in [-0.4, -0.2) is 62.5 Å². The first-order chi connectivity index (χ1) is 13.3. The van der Waals surface area contributed by atoms with Crippen molar-refractivity contribution in [2.45, 2.75) is 78.2 Å². The Kier molecular flexibility index (Phi) is 7.32. The molecule has 2 heterocycles.